The molecule has 27 heavy (non-hydrogen) atoms. The van der Waals surface area contributed by atoms with Gasteiger partial charge in [-0.3, -0.25) is 9.59 Å². The number of amides is 2. The minimum atomic E-state index is -0.578. The number of nitrogens with one attached hydrogen (secondary N) is 2. The van der Waals surface area contributed by atoms with Crippen LogP contribution in [-0.4, -0.2) is 22.2 Å². The molecule has 0 aromatic heterocycles. The van der Waals surface area contributed by atoms with E-state index in [2.05, 4.69) is 15.6 Å². The van der Waals surface area contributed by atoms with Crippen molar-refractivity contribution in [1.82, 2.24) is 5.32 Å². The number of rotatable bonds is 4. The minimum absolute atomic E-state index is 0.0303. The largest absolute Gasteiger partial charge is 0.326 e. The average Bonchev–Trinajstić information content (AvgIpc) is 2.93. The summed E-state index contributed by atoms with van der Waals surface area (Å²) in [6.07, 6.45) is -0.0303. The summed E-state index contributed by atoms with van der Waals surface area (Å²) < 4.78 is 13.2. The molecule has 3 rings (SSSR count). The van der Waals surface area contributed by atoms with Crippen LogP contribution in [0.4, 0.5) is 15.8 Å². The van der Waals surface area contributed by atoms with Crippen LogP contribution in [0.25, 0.3) is 0 Å². The summed E-state index contributed by atoms with van der Waals surface area (Å²) in [7, 11) is 0. The Kier molecular flexibility index (Phi) is 5.82. The number of hydrogen-bond acceptors (Lipinski definition) is 4. The van der Waals surface area contributed by atoms with Crippen LogP contribution in [0.1, 0.15) is 17.5 Å². The molecular weight excluding hydrogens is 389 g/mol. The highest BCUT2D eigenvalue weighted by atomic mass is 35.5. The van der Waals surface area contributed by atoms with Crippen molar-refractivity contribution in [1.29, 1.82) is 0 Å². The molecule has 0 aliphatic carbocycles. The lowest BCUT2D eigenvalue weighted by molar-refractivity contribution is -0.122. The van der Waals surface area contributed by atoms with Crippen LogP contribution in [0.2, 0.25) is 5.02 Å². The zero-order valence-electron chi connectivity index (χ0n) is 14.7. The second kappa shape index (κ2) is 8.10. The first kappa shape index (κ1) is 19.4. The molecule has 5 nitrogen and oxygen atoms in total. The highest BCUT2D eigenvalue weighted by Gasteiger charge is 2.32. The third-order valence-corrected chi connectivity index (χ3v) is 5.44. The number of amidine groups is 1. The molecule has 0 bridgehead atoms. The van der Waals surface area contributed by atoms with Gasteiger partial charge >= 0.3 is 0 Å². The van der Waals surface area contributed by atoms with Crippen LogP contribution in [0.15, 0.2) is 41.4 Å². The molecule has 1 fully saturated rings. The fraction of sp³-hybridized carbons (Fsp3) is 0.211. The Morgan fingerprint density at radius 1 is 1.26 bits per heavy atom. The molecule has 0 radical (unpaired) electrons. The molecule has 2 aromatic rings. The molecule has 2 N–H and O–H groups in total. The average molecular weight is 406 g/mol. The lowest BCUT2D eigenvalue weighted by Crippen LogP contribution is -2.28. The molecule has 1 saturated heterocycles. The number of anilines is 1. The number of carbonyl (C=O) groups is 2. The van der Waals surface area contributed by atoms with E-state index < -0.39 is 11.1 Å². The number of aliphatic imine (C=N–C) groups is 1. The number of aryl methyl sites for hydroxylation is 2. The second-order valence-electron chi connectivity index (χ2n) is 6.16. The number of benzene rings is 2. The molecule has 0 saturated carbocycles. The van der Waals surface area contributed by atoms with Crippen LogP contribution in [0.3, 0.4) is 0 Å². The van der Waals surface area contributed by atoms with Crippen LogP contribution < -0.4 is 10.6 Å². The van der Waals surface area contributed by atoms with Gasteiger partial charge in [-0.25, -0.2) is 9.38 Å². The van der Waals surface area contributed by atoms with E-state index in [0.29, 0.717) is 10.9 Å². The second-order valence-corrected chi connectivity index (χ2v) is 7.76. The van der Waals surface area contributed by atoms with Crippen molar-refractivity contribution in [3.05, 3.63) is 58.4 Å². The summed E-state index contributed by atoms with van der Waals surface area (Å²) in [4.78, 5) is 28.7. The van der Waals surface area contributed by atoms with E-state index in [1.165, 1.54) is 30.0 Å². The van der Waals surface area contributed by atoms with Gasteiger partial charge in [0.1, 0.15) is 11.1 Å². The van der Waals surface area contributed by atoms with E-state index in [9.17, 15) is 14.0 Å². The molecular formula is C19H17ClFN3O2S. The molecule has 1 atom stereocenters. The maximum Gasteiger partial charge on any atom is 0.240 e. The van der Waals surface area contributed by atoms with E-state index in [-0.39, 0.29) is 23.3 Å². The molecule has 2 amide bonds. The Hall–Kier alpha value is -2.38. The van der Waals surface area contributed by atoms with E-state index in [4.69, 9.17) is 11.6 Å². The quantitative estimate of drug-likeness (QED) is 0.794. The maximum absolute atomic E-state index is 13.2. The molecule has 0 spiro atoms. The SMILES string of the molecule is Cc1ccc(N=C2NC(=O)[C@H](CC(=O)Nc3ccc(F)c(Cl)c3)S2)cc1C. The smallest absolute Gasteiger partial charge is 0.240 e. The lowest BCUT2D eigenvalue weighted by Gasteiger charge is -2.08. The van der Waals surface area contributed by atoms with Gasteiger partial charge in [-0.05, 0) is 55.3 Å². The zero-order valence-corrected chi connectivity index (χ0v) is 16.2. The van der Waals surface area contributed by atoms with Crippen molar-refractivity contribution in [2.45, 2.75) is 25.5 Å². The number of carbonyl (C=O) groups excluding carboxylic acids is 2. The highest BCUT2D eigenvalue weighted by Crippen LogP contribution is 2.27. The predicted molar refractivity (Wildman–Crippen MR) is 107 cm³/mol. The fourth-order valence-corrected chi connectivity index (χ4v) is 3.63. The van der Waals surface area contributed by atoms with Crippen molar-refractivity contribution in [3.63, 3.8) is 0 Å². The van der Waals surface area contributed by atoms with Gasteiger partial charge in [0.15, 0.2) is 5.17 Å². The van der Waals surface area contributed by atoms with Crippen molar-refractivity contribution in [2.24, 2.45) is 4.99 Å². The van der Waals surface area contributed by atoms with Crippen LogP contribution in [0, 0.1) is 19.7 Å². The molecule has 2 aromatic carbocycles. The van der Waals surface area contributed by atoms with Crippen LogP contribution in [0.5, 0.6) is 0 Å². The van der Waals surface area contributed by atoms with Crippen molar-refractivity contribution in [3.8, 4) is 0 Å². The molecule has 140 valence electrons. The summed E-state index contributed by atoms with van der Waals surface area (Å²) in [5.41, 5.74) is 3.39. The normalized spacial score (nSPS) is 17.9. The summed E-state index contributed by atoms with van der Waals surface area (Å²) in [6, 6.07) is 9.68. The fourth-order valence-electron chi connectivity index (χ4n) is 2.46. The number of hydrogen-bond donors (Lipinski definition) is 2. The van der Waals surface area contributed by atoms with Crippen molar-refractivity contribution < 1.29 is 14.0 Å². The molecule has 1 aliphatic heterocycles. The first-order valence-electron chi connectivity index (χ1n) is 8.20. The summed E-state index contributed by atoms with van der Waals surface area (Å²) in [6.45, 7) is 4.01. The van der Waals surface area contributed by atoms with Gasteiger partial charge < -0.3 is 10.6 Å². The Balaban J connectivity index is 1.63. The van der Waals surface area contributed by atoms with Crippen LogP contribution >= 0.6 is 23.4 Å². The number of thioether (sulfide) groups is 1. The van der Waals surface area contributed by atoms with Gasteiger partial charge in [0, 0.05) is 12.1 Å². The van der Waals surface area contributed by atoms with Gasteiger partial charge in [0.25, 0.3) is 0 Å². The number of nitrogens with zero attached hydrogens (tertiary/aromatic N) is 1. The first-order valence-corrected chi connectivity index (χ1v) is 9.46. The Labute approximate surface area is 165 Å². The van der Waals surface area contributed by atoms with E-state index in [1.807, 2.05) is 32.0 Å². The maximum atomic E-state index is 13.2. The summed E-state index contributed by atoms with van der Waals surface area (Å²) in [5, 5.41) is 5.11. The predicted octanol–water partition coefficient (Wildman–Crippen LogP) is 4.34. The standard InChI is InChI=1S/C19H17ClFN3O2S/c1-10-3-4-12(7-11(10)2)23-19-24-18(26)16(27-19)9-17(25)22-13-5-6-15(21)14(20)8-13/h3-8,16H,9H2,1-2H3,(H,22,25)(H,23,24,26)/t16-/m0/s1. The van der Waals surface area contributed by atoms with Gasteiger partial charge in [0.2, 0.25) is 11.8 Å². The third-order valence-electron chi connectivity index (χ3n) is 4.07. The monoisotopic (exact) mass is 405 g/mol. The molecule has 8 heteroatoms. The van der Waals surface area contributed by atoms with Gasteiger partial charge in [0.05, 0.1) is 10.7 Å². The Morgan fingerprint density at radius 2 is 2.04 bits per heavy atom. The van der Waals surface area contributed by atoms with Gasteiger partial charge in [-0.1, -0.05) is 29.4 Å². The van der Waals surface area contributed by atoms with E-state index in [0.717, 1.165) is 16.8 Å². The highest BCUT2D eigenvalue weighted by molar-refractivity contribution is 8.15. The number of halogens is 2. The van der Waals surface area contributed by atoms with Gasteiger partial charge in [-0.2, -0.15) is 0 Å². The third kappa shape index (κ3) is 4.87. The summed E-state index contributed by atoms with van der Waals surface area (Å²) >= 11 is 6.91. The molecule has 1 aliphatic rings. The van der Waals surface area contributed by atoms with Crippen molar-refractivity contribution in [2.75, 3.05) is 5.32 Å². The van der Waals surface area contributed by atoms with Gasteiger partial charge in [-0.15, -0.1) is 0 Å². The Morgan fingerprint density at radius 3 is 2.74 bits per heavy atom. The van der Waals surface area contributed by atoms with Crippen LogP contribution in [-0.2, 0) is 9.59 Å². The lowest BCUT2D eigenvalue weighted by atomic mass is 10.1. The van der Waals surface area contributed by atoms with E-state index in [1.54, 1.807) is 0 Å². The molecule has 1 heterocycles. The van der Waals surface area contributed by atoms with E-state index >= 15 is 0 Å². The van der Waals surface area contributed by atoms with Crippen molar-refractivity contribution >= 4 is 51.7 Å². The summed E-state index contributed by atoms with van der Waals surface area (Å²) in [5.74, 6) is -1.19. The topological polar surface area (TPSA) is 70.6 Å². The first-order chi connectivity index (χ1) is 12.8. The zero-order chi connectivity index (χ0) is 19.6. The Bertz CT molecular complexity index is 949. The molecule has 0 unspecified atom stereocenters. The minimum Gasteiger partial charge on any atom is -0.326 e.